The maximum atomic E-state index is 13.6. The molecule has 0 radical (unpaired) electrons. The van der Waals surface area contributed by atoms with Gasteiger partial charge in [-0.15, -0.1) is 11.8 Å². The Morgan fingerprint density at radius 3 is 1.94 bits per heavy atom. The van der Waals surface area contributed by atoms with E-state index < -0.39 is 17.1 Å². The number of thioether (sulfide) groups is 1. The van der Waals surface area contributed by atoms with Crippen molar-refractivity contribution in [3.05, 3.63) is 156 Å². The minimum atomic E-state index is -0.565. The van der Waals surface area contributed by atoms with Crippen molar-refractivity contribution in [2.75, 3.05) is 24.9 Å². The van der Waals surface area contributed by atoms with Gasteiger partial charge in [0.15, 0.2) is 0 Å². The number of carbonyl (C=O) groups is 3. The maximum Gasteiger partial charge on any atom is 0.272 e. The van der Waals surface area contributed by atoms with E-state index in [1.807, 2.05) is 72.8 Å². The van der Waals surface area contributed by atoms with Crippen molar-refractivity contribution in [2.45, 2.75) is 10.1 Å². The van der Waals surface area contributed by atoms with Gasteiger partial charge in [0.25, 0.3) is 11.8 Å². The molecule has 0 bridgehead atoms. The highest BCUT2D eigenvalue weighted by Crippen LogP contribution is 2.37. The van der Waals surface area contributed by atoms with E-state index in [0.29, 0.717) is 34.0 Å². The summed E-state index contributed by atoms with van der Waals surface area (Å²) in [5, 5.41) is 8.05. The molecule has 0 aromatic heterocycles. The topological polar surface area (TPSA) is 106 Å². The van der Waals surface area contributed by atoms with Gasteiger partial charge in [-0.2, -0.15) is 0 Å². The van der Waals surface area contributed by atoms with Crippen molar-refractivity contribution in [3.8, 4) is 11.5 Å². The summed E-state index contributed by atoms with van der Waals surface area (Å²) in [5.41, 5.74) is 3.00. The van der Waals surface area contributed by atoms with Gasteiger partial charge in [-0.05, 0) is 66.2 Å². The van der Waals surface area contributed by atoms with Crippen LogP contribution in [0.5, 0.6) is 11.5 Å². The summed E-state index contributed by atoms with van der Waals surface area (Å²) in [5.74, 6) is -0.0259. The normalized spacial score (nSPS) is 11.6. The quantitative estimate of drug-likeness (QED) is 0.0956. The molecule has 0 saturated heterocycles. The van der Waals surface area contributed by atoms with E-state index in [9.17, 15) is 14.4 Å². The van der Waals surface area contributed by atoms with Gasteiger partial charge in [-0.1, -0.05) is 78.9 Å². The molecule has 1 unspecified atom stereocenters. The molecule has 5 rings (SSSR count). The van der Waals surface area contributed by atoms with E-state index in [0.717, 1.165) is 10.5 Å². The van der Waals surface area contributed by atoms with Crippen LogP contribution in [0.15, 0.2) is 144 Å². The zero-order valence-corrected chi connectivity index (χ0v) is 26.6. The van der Waals surface area contributed by atoms with Gasteiger partial charge >= 0.3 is 0 Å². The first-order chi connectivity index (χ1) is 22.9. The van der Waals surface area contributed by atoms with Gasteiger partial charge in [0, 0.05) is 21.7 Å². The van der Waals surface area contributed by atoms with E-state index >= 15 is 0 Å². The molecule has 0 aliphatic rings. The maximum absolute atomic E-state index is 13.6. The third-order valence-electron chi connectivity index (χ3n) is 7.04. The Kier molecular flexibility index (Phi) is 11.1. The number of carbonyl (C=O) groups excluding carboxylic acids is 3. The Hall–Kier alpha value is -5.80. The molecule has 0 saturated carbocycles. The molecule has 47 heavy (non-hydrogen) atoms. The Bertz CT molecular complexity index is 1860. The Balaban J connectivity index is 1.35. The highest BCUT2D eigenvalue weighted by molar-refractivity contribution is 8.00. The van der Waals surface area contributed by atoms with E-state index in [4.69, 9.17) is 9.47 Å². The number of rotatable bonds is 12. The van der Waals surface area contributed by atoms with Crippen LogP contribution in [0, 0.1) is 0 Å². The Morgan fingerprint density at radius 1 is 0.660 bits per heavy atom. The minimum Gasteiger partial charge on any atom is -0.496 e. The first-order valence-electron chi connectivity index (χ1n) is 14.7. The van der Waals surface area contributed by atoms with Crippen LogP contribution in [0.4, 0.5) is 11.4 Å². The summed E-state index contributed by atoms with van der Waals surface area (Å²) in [4.78, 5) is 40.9. The van der Waals surface area contributed by atoms with Crippen molar-refractivity contribution in [1.82, 2.24) is 5.32 Å². The van der Waals surface area contributed by atoms with E-state index in [-0.39, 0.29) is 11.6 Å². The van der Waals surface area contributed by atoms with Crippen LogP contribution in [-0.4, -0.2) is 31.9 Å². The summed E-state index contributed by atoms with van der Waals surface area (Å²) in [6.45, 7) is 0. The molecule has 0 aliphatic carbocycles. The second kappa shape index (κ2) is 16.0. The average molecular weight is 644 g/mol. The molecule has 3 amide bonds. The zero-order chi connectivity index (χ0) is 33.0. The number of hydrogen-bond acceptors (Lipinski definition) is 6. The standard InChI is InChI=1S/C38H33N3O5S/c1-45-33-19-11-9-17-28(33)25-32(41-36(42)27-15-7-4-8-16-27)37(43)39-29-21-23-30(24-22-29)47-35(26-13-5-3-6-14-26)38(44)40-31-18-10-12-20-34(31)46-2/h3-25,35H,1-2H3,(H,39,43)(H,40,44)(H,41,42)/b32-25-. The fourth-order valence-corrected chi connectivity index (χ4v) is 5.71. The molecule has 5 aromatic rings. The van der Waals surface area contributed by atoms with Crippen LogP contribution in [0.1, 0.15) is 26.7 Å². The number of methoxy groups -OCH3 is 2. The molecule has 9 heteroatoms. The lowest BCUT2D eigenvalue weighted by Gasteiger charge is -2.18. The molecule has 0 fully saturated rings. The summed E-state index contributed by atoms with van der Waals surface area (Å²) in [6, 6.07) is 39.8. The number of ether oxygens (including phenoxy) is 2. The third kappa shape index (κ3) is 8.68. The summed E-state index contributed by atoms with van der Waals surface area (Å²) in [7, 11) is 3.10. The number of amides is 3. The second-order valence-electron chi connectivity index (χ2n) is 10.2. The number of benzene rings is 5. The lowest BCUT2D eigenvalue weighted by atomic mass is 10.1. The Morgan fingerprint density at radius 2 is 1.26 bits per heavy atom. The van der Waals surface area contributed by atoms with Crippen molar-refractivity contribution in [2.24, 2.45) is 0 Å². The minimum absolute atomic E-state index is 0.0407. The molecular weight excluding hydrogens is 611 g/mol. The summed E-state index contributed by atoms with van der Waals surface area (Å²) >= 11 is 1.38. The van der Waals surface area contributed by atoms with Crippen LogP contribution in [0.3, 0.4) is 0 Å². The van der Waals surface area contributed by atoms with Crippen LogP contribution in [0.25, 0.3) is 6.08 Å². The van der Waals surface area contributed by atoms with Gasteiger partial charge in [-0.25, -0.2) is 0 Å². The van der Waals surface area contributed by atoms with Gasteiger partial charge in [0.2, 0.25) is 5.91 Å². The van der Waals surface area contributed by atoms with E-state index in [2.05, 4.69) is 16.0 Å². The molecule has 0 aliphatic heterocycles. The molecular formula is C38H33N3O5S. The highest BCUT2D eigenvalue weighted by atomic mass is 32.2. The smallest absolute Gasteiger partial charge is 0.272 e. The number of hydrogen-bond donors (Lipinski definition) is 3. The van der Waals surface area contributed by atoms with Crippen molar-refractivity contribution in [3.63, 3.8) is 0 Å². The van der Waals surface area contributed by atoms with Gasteiger partial charge in [0.1, 0.15) is 22.4 Å². The number of anilines is 2. The first kappa shape index (κ1) is 32.6. The number of para-hydroxylation sites is 3. The van der Waals surface area contributed by atoms with Gasteiger partial charge in [-0.3, -0.25) is 14.4 Å². The fraction of sp³-hybridized carbons (Fsp3) is 0.0789. The predicted molar refractivity (Wildman–Crippen MR) is 187 cm³/mol. The summed E-state index contributed by atoms with van der Waals surface area (Å²) in [6.07, 6.45) is 1.57. The lowest BCUT2D eigenvalue weighted by Crippen LogP contribution is -2.30. The van der Waals surface area contributed by atoms with Crippen LogP contribution in [-0.2, 0) is 9.59 Å². The van der Waals surface area contributed by atoms with Gasteiger partial charge in [0.05, 0.1) is 19.9 Å². The molecule has 8 nitrogen and oxygen atoms in total. The Labute approximate surface area is 277 Å². The van der Waals surface area contributed by atoms with Crippen LogP contribution >= 0.6 is 11.8 Å². The van der Waals surface area contributed by atoms with Crippen LogP contribution < -0.4 is 25.4 Å². The highest BCUT2D eigenvalue weighted by Gasteiger charge is 2.23. The van der Waals surface area contributed by atoms with Crippen molar-refractivity contribution < 1.29 is 23.9 Å². The first-order valence-corrected chi connectivity index (χ1v) is 15.6. The van der Waals surface area contributed by atoms with Crippen LogP contribution in [0.2, 0.25) is 0 Å². The third-order valence-corrected chi connectivity index (χ3v) is 8.31. The predicted octanol–water partition coefficient (Wildman–Crippen LogP) is 7.59. The fourth-order valence-electron chi connectivity index (χ4n) is 4.68. The molecule has 236 valence electrons. The van der Waals surface area contributed by atoms with Crippen molar-refractivity contribution in [1.29, 1.82) is 0 Å². The average Bonchev–Trinajstić information content (AvgIpc) is 3.12. The zero-order valence-electron chi connectivity index (χ0n) is 25.8. The number of nitrogens with one attached hydrogen (secondary N) is 3. The molecule has 1 atom stereocenters. The van der Waals surface area contributed by atoms with Gasteiger partial charge < -0.3 is 25.4 Å². The second-order valence-corrected chi connectivity index (χ2v) is 11.4. The SMILES string of the molecule is COc1ccccc1/C=C(\NC(=O)c1ccccc1)C(=O)Nc1ccc(SC(C(=O)Nc2ccccc2OC)c2ccccc2)cc1. The molecule has 0 heterocycles. The lowest BCUT2D eigenvalue weighted by molar-refractivity contribution is -0.116. The largest absolute Gasteiger partial charge is 0.496 e. The van der Waals surface area contributed by atoms with E-state index in [1.54, 1.807) is 81.0 Å². The molecule has 3 N–H and O–H groups in total. The van der Waals surface area contributed by atoms with Crippen molar-refractivity contribution >= 4 is 46.9 Å². The monoisotopic (exact) mass is 643 g/mol. The molecule has 0 spiro atoms. The van der Waals surface area contributed by atoms with E-state index in [1.165, 1.54) is 11.8 Å². The summed E-state index contributed by atoms with van der Waals surface area (Å²) < 4.78 is 10.9. The molecule has 5 aromatic carbocycles.